The number of para-hydroxylation sites is 1. The molecular formula is C17H24N2O2. The molecule has 0 radical (unpaired) electrons. The Labute approximate surface area is 125 Å². The molecule has 0 atom stereocenters. The average molecular weight is 288 g/mol. The van der Waals surface area contributed by atoms with E-state index in [2.05, 4.69) is 11.4 Å². The summed E-state index contributed by atoms with van der Waals surface area (Å²) in [5.41, 5.74) is 1.32. The number of aromatic nitrogens is 1. The van der Waals surface area contributed by atoms with Crippen molar-refractivity contribution in [3.63, 3.8) is 0 Å². The van der Waals surface area contributed by atoms with Gasteiger partial charge in [0.15, 0.2) is 0 Å². The summed E-state index contributed by atoms with van der Waals surface area (Å²) in [4.78, 5) is 12.1. The molecule has 0 fully saturated rings. The molecular weight excluding hydrogens is 264 g/mol. The molecule has 0 unspecified atom stereocenters. The largest absolute Gasteiger partial charge is 0.388 e. The molecule has 4 heteroatoms. The van der Waals surface area contributed by atoms with E-state index in [0.29, 0.717) is 19.4 Å². The molecule has 1 heterocycles. The molecule has 2 rings (SSSR count). The van der Waals surface area contributed by atoms with Crippen LogP contribution in [-0.4, -0.2) is 27.7 Å². The second-order valence-electron chi connectivity index (χ2n) is 5.64. The van der Waals surface area contributed by atoms with Crippen molar-refractivity contribution < 1.29 is 9.90 Å². The fraction of sp³-hybridized carbons (Fsp3) is 0.471. The van der Waals surface area contributed by atoms with Crippen molar-refractivity contribution in [2.24, 2.45) is 0 Å². The quantitative estimate of drug-likeness (QED) is 0.858. The van der Waals surface area contributed by atoms with Crippen molar-refractivity contribution in [1.82, 2.24) is 9.88 Å². The topological polar surface area (TPSA) is 54.3 Å². The standard InChI is InChI=1S/C17H24N2O2/c1-4-17(21,5-2)12-18-16(20)11-19-13(3)10-14-8-6-7-9-15(14)19/h6-10,21H,4-5,11-12H2,1-3H3,(H,18,20). The highest BCUT2D eigenvalue weighted by Gasteiger charge is 2.22. The molecule has 0 saturated heterocycles. The van der Waals surface area contributed by atoms with Crippen LogP contribution in [0.1, 0.15) is 32.4 Å². The zero-order valence-corrected chi connectivity index (χ0v) is 13.0. The van der Waals surface area contributed by atoms with Gasteiger partial charge in [-0.15, -0.1) is 0 Å². The second-order valence-corrected chi connectivity index (χ2v) is 5.64. The van der Waals surface area contributed by atoms with Gasteiger partial charge in [0.1, 0.15) is 6.54 Å². The maximum atomic E-state index is 12.1. The summed E-state index contributed by atoms with van der Waals surface area (Å²) in [5, 5.41) is 14.2. The van der Waals surface area contributed by atoms with Gasteiger partial charge in [0.2, 0.25) is 5.91 Å². The van der Waals surface area contributed by atoms with E-state index in [0.717, 1.165) is 16.6 Å². The van der Waals surface area contributed by atoms with E-state index < -0.39 is 5.60 Å². The summed E-state index contributed by atoms with van der Waals surface area (Å²) in [6, 6.07) is 10.1. The first-order chi connectivity index (χ1) is 9.99. The summed E-state index contributed by atoms with van der Waals surface area (Å²) in [6.07, 6.45) is 1.27. The number of nitrogens with one attached hydrogen (secondary N) is 1. The molecule has 0 aliphatic rings. The minimum Gasteiger partial charge on any atom is -0.388 e. The van der Waals surface area contributed by atoms with Crippen LogP contribution < -0.4 is 5.32 Å². The van der Waals surface area contributed by atoms with Crippen LogP contribution in [0.2, 0.25) is 0 Å². The van der Waals surface area contributed by atoms with E-state index in [9.17, 15) is 9.90 Å². The van der Waals surface area contributed by atoms with Gasteiger partial charge in [-0.3, -0.25) is 4.79 Å². The van der Waals surface area contributed by atoms with Gasteiger partial charge in [0.25, 0.3) is 0 Å². The Kier molecular flexibility index (Phi) is 4.68. The van der Waals surface area contributed by atoms with Crippen molar-refractivity contribution >= 4 is 16.8 Å². The molecule has 114 valence electrons. The Bertz CT molecular complexity index is 627. The van der Waals surface area contributed by atoms with Crippen molar-refractivity contribution in [3.8, 4) is 0 Å². The number of aryl methyl sites for hydroxylation is 1. The van der Waals surface area contributed by atoms with E-state index in [1.165, 1.54) is 0 Å². The molecule has 21 heavy (non-hydrogen) atoms. The third-order valence-electron chi connectivity index (χ3n) is 4.25. The molecule has 0 bridgehead atoms. The van der Waals surface area contributed by atoms with Crippen LogP contribution in [0.3, 0.4) is 0 Å². The number of fused-ring (bicyclic) bond motifs is 1. The van der Waals surface area contributed by atoms with E-state index in [4.69, 9.17) is 0 Å². The normalized spacial score (nSPS) is 11.8. The van der Waals surface area contributed by atoms with E-state index >= 15 is 0 Å². The van der Waals surface area contributed by atoms with Gasteiger partial charge in [0.05, 0.1) is 5.60 Å². The average Bonchev–Trinajstić information content (AvgIpc) is 2.81. The predicted molar refractivity (Wildman–Crippen MR) is 85.2 cm³/mol. The maximum Gasteiger partial charge on any atom is 0.240 e. The summed E-state index contributed by atoms with van der Waals surface area (Å²) in [6.45, 7) is 6.44. The summed E-state index contributed by atoms with van der Waals surface area (Å²) >= 11 is 0. The van der Waals surface area contributed by atoms with Crippen molar-refractivity contribution in [1.29, 1.82) is 0 Å². The number of carbonyl (C=O) groups is 1. The minimum atomic E-state index is -0.802. The molecule has 0 aliphatic heterocycles. The van der Waals surface area contributed by atoms with Crippen molar-refractivity contribution in [2.75, 3.05) is 6.54 Å². The third-order valence-corrected chi connectivity index (χ3v) is 4.25. The minimum absolute atomic E-state index is 0.0696. The molecule has 1 aromatic carbocycles. The Morgan fingerprint density at radius 1 is 1.29 bits per heavy atom. The summed E-state index contributed by atoms with van der Waals surface area (Å²) in [7, 11) is 0. The molecule has 2 N–H and O–H groups in total. The smallest absolute Gasteiger partial charge is 0.240 e. The number of benzene rings is 1. The van der Waals surface area contributed by atoms with Crippen molar-refractivity contribution in [3.05, 3.63) is 36.0 Å². The number of hydrogen-bond donors (Lipinski definition) is 2. The highest BCUT2D eigenvalue weighted by atomic mass is 16.3. The van der Waals surface area contributed by atoms with E-state index in [1.54, 1.807) is 0 Å². The Morgan fingerprint density at radius 2 is 1.95 bits per heavy atom. The van der Waals surface area contributed by atoms with E-state index in [1.807, 2.05) is 49.6 Å². The monoisotopic (exact) mass is 288 g/mol. The van der Waals surface area contributed by atoms with Gasteiger partial charge in [-0.1, -0.05) is 32.0 Å². The number of nitrogens with zero attached hydrogens (tertiary/aromatic N) is 1. The van der Waals surface area contributed by atoms with Gasteiger partial charge < -0.3 is 15.0 Å². The molecule has 0 aliphatic carbocycles. The number of aliphatic hydroxyl groups is 1. The number of hydrogen-bond acceptors (Lipinski definition) is 2. The van der Waals surface area contributed by atoms with Crippen LogP contribution >= 0.6 is 0 Å². The highest BCUT2D eigenvalue weighted by Crippen LogP contribution is 2.19. The summed E-state index contributed by atoms with van der Waals surface area (Å²) < 4.78 is 2.00. The lowest BCUT2D eigenvalue weighted by Gasteiger charge is -2.25. The van der Waals surface area contributed by atoms with Crippen LogP contribution in [0.15, 0.2) is 30.3 Å². The van der Waals surface area contributed by atoms with Crippen LogP contribution in [0, 0.1) is 6.92 Å². The summed E-state index contributed by atoms with van der Waals surface area (Å²) in [5.74, 6) is -0.0696. The van der Waals surface area contributed by atoms with Crippen LogP contribution in [0.25, 0.3) is 10.9 Å². The number of amides is 1. The second kappa shape index (κ2) is 6.31. The fourth-order valence-corrected chi connectivity index (χ4v) is 2.52. The number of carbonyl (C=O) groups excluding carboxylic acids is 1. The van der Waals surface area contributed by atoms with Crippen LogP contribution in [0.5, 0.6) is 0 Å². The lowest BCUT2D eigenvalue weighted by molar-refractivity contribution is -0.123. The van der Waals surface area contributed by atoms with Gasteiger partial charge in [-0.25, -0.2) is 0 Å². The Morgan fingerprint density at radius 3 is 2.62 bits per heavy atom. The SMILES string of the molecule is CCC(O)(CC)CNC(=O)Cn1c(C)cc2ccccc21. The highest BCUT2D eigenvalue weighted by molar-refractivity contribution is 5.84. The third kappa shape index (κ3) is 3.45. The van der Waals surface area contributed by atoms with Crippen LogP contribution in [-0.2, 0) is 11.3 Å². The van der Waals surface area contributed by atoms with Gasteiger partial charge >= 0.3 is 0 Å². The Hall–Kier alpha value is -1.81. The van der Waals surface area contributed by atoms with Gasteiger partial charge in [-0.2, -0.15) is 0 Å². The van der Waals surface area contributed by atoms with Crippen molar-refractivity contribution in [2.45, 2.75) is 45.8 Å². The van der Waals surface area contributed by atoms with Crippen LogP contribution in [0.4, 0.5) is 0 Å². The van der Waals surface area contributed by atoms with E-state index in [-0.39, 0.29) is 12.5 Å². The molecule has 2 aromatic rings. The predicted octanol–water partition coefficient (Wildman–Crippen LogP) is 2.62. The molecule has 1 aromatic heterocycles. The molecule has 0 saturated carbocycles. The zero-order chi connectivity index (χ0) is 15.5. The zero-order valence-electron chi connectivity index (χ0n) is 13.0. The first kappa shape index (κ1) is 15.6. The fourth-order valence-electron chi connectivity index (χ4n) is 2.52. The molecule has 4 nitrogen and oxygen atoms in total. The Balaban J connectivity index is 2.07. The lowest BCUT2D eigenvalue weighted by atomic mass is 9.98. The van der Waals surface area contributed by atoms with Gasteiger partial charge in [-0.05, 0) is 37.3 Å². The molecule has 0 spiro atoms. The number of rotatable bonds is 6. The molecule has 1 amide bonds. The van der Waals surface area contributed by atoms with Gasteiger partial charge in [0, 0.05) is 17.8 Å². The first-order valence-corrected chi connectivity index (χ1v) is 7.53. The first-order valence-electron chi connectivity index (χ1n) is 7.53. The maximum absolute atomic E-state index is 12.1. The lowest BCUT2D eigenvalue weighted by Crippen LogP contribution is -2.43.